The predicted octanol–water partition coefficient (Wildman–Crippen LogP) is 11.4. The standard InChI is InChI=1S/C36H56O3/c1-4-6-8-10-12-14-16-18-20-30-38-35-28-26-34(27-29-35)33-24-22-32(23-25-33)31(3)39-36(37)21-19-17-15-13-11-9-7-5-2/h22-29,31H,4-21,30H2,1-3H3. The molecule has 2 aromatic carbocycles. The van der Waals surface area contributed by atoms with Gasteiger partial charge in [-0.05, 0) is 48.6 Å². The van der Waals surface area contributed by atoms with Gasteiger partial charge in [0.05, 0.1) is 6.61 Å². The summed E-state index contributed by atoms with van der Waals surface area (Å²) in [4.78, 5) is 12.3. The van der Waals surface area contributed by atoms with Gasteiger partial charge in [0, 0.05) is 6.42 Å². The van der Waals surface area contributed by atoms with Gasteiger partial charge in [-0.2, -0.15) is 0 Å². The van der Waals surface area contributed by atoms with Crippen molar-refractivity contribution >= 4 is 5.97 Å². The van der Waals surface area contributed by atoms with Crippen molar-refractivity contribution in [3.05, 3.63) is 54.1 Å². The molecule has 0 aliphatic carbocycles. The lowest BCUT2D eigenvalue weighted by atomic mass is 10.0. The first-order chi connectivity index (χ1) is 19.1. The van der Waals surface area contributed by atoms with E-state index in [1.807, 2.05) is 6.92 Å². The highest BCUT2D eigenvalue weighted by Crippen LogP contribution is 2.26. The summed E-state index contributed by atoms with van der Waals surface area (Å²) in [5.41, 5.74) is 3.35. The Kier molecular flexibility index (Phi) is 18.2. The van der Waals surface area contributed by atoms with Crippen molar-refractivity contribution in [3.8, 4) is 16.9 Å². The topological polar surface area (TPSA) is 35.5 Å². The summed E-state index contributed by atoms with van der Waals surface area (Å²) in [6, 6.07) is 16.7. The lowest BCUT2D eigenvalue weighted by Crippen LogP contribution is -2.08. The van der Waals surface area contributed by atoms with Crippen molar-refractivity contribution in [2.45, 2.75) is 142 Å². The van der Waals surface area contributed by atoms with E-state index in [-0.39, 0.29) is 12.1 Å². The van der Waals surface area contributed by atoms with E-state index in [2.05, 4.69) is 62.4 Å². The zero-order valence-electron chi connectivity index (χ0n) is 25.4. The van der Waals surface area contributed by atoms with Crippen LogP contribution in [0.15, 0.2) is 48.5 Å². The summed E-state index contributed by atoms with van der Waals surface area (Å²) < 4.78 is 11.6. The molecule has 218 valence electrons. The van der Waals surface area contributed by atoms with E-state index >= 15 is 0 Å². The molecule has 0 aliphatic rings. The fourth-order valence-corrected chi connectivity index (χ4v) is 5.02. The minimum absolute atomic E-state index is 0.0874. The second-order valence-electron chi connectivity index (χ2n) is 11.2. The smallest absolute Gasteiger partial charge is 0.306 e. The van der Waals surface area contributed by atoms with Gasteiger partial charge in [-0.15, -0.1) is 0 Å². The van der Waals surface area contributed by atoms with Crippen LogP contribution in [0.1, 0.15) is 148 Å². The number of unbranched alkanes of at least 4 members (excludes halogenated alkanes) is 15. The summed E-state index contributed by atoms with van der Waals surface area (Å²) >= 11 is 0. The highest BCUT2D eigenvalue weighted by Gasteiger charge is 2.12. The first-order valence-corrected chi connectivity index (χ1v) is 16.2. The van der Waals surface area contributed by atoms with E-state index in [0.29, 0.717) is 6.42 Å². The third-order valence-electron chi connectivity index (χ3n) is 7.63. The molecule has 0 saturated carbocycles. The van der Waals surface area contributed by atoms with Crippen molar-refractivity contribution in [2.75, 3.05) is 6.61 Å². The Hall–Kier alpha value is -2.29. The first-order valence-electron chi connectivity index (χ1n) is 16.2. The van der Waals surface area contributed by atoms with Crippen molar-refractivity contribution in [1.29, 1.82) is 0 Å². The van der Waals surface area contributed by atoms with Gasteiger partial charge in [0.2, 0.25) is 0 Å². The van der Waals surface area contributed by atoms with Gasteiger partial charge < -0.3 is 9.47 Å². The Balaban J connectivity index is 1.62. The number of esters is 1. The molecule has 0 heterocycles. The van der Waals surface area contributed by atoms with Gasteiger partial charge in [0.1, 0.15) is 11.9 Å². The average Bonchev–Trinajstić information content (AvgIpc) is 2.96. The van der Waals surface area contributed by atoms with E-state index in [4.69, 9.17) is 9.47 Å². The Morgan fingerprint density at radius 3 is 1.54 bits per heavy atom. The number of rotatable bonds is 23. The van der Waals surface area contributed by atoms with Gasteiger partial charge in [-0.3, -0.25) is 4.79 Å². The highest BCUT2D eigenvalue weighted by atomic mass is 16.5. The lowest BCUT2D eigenvalue weighted by molar-refractivity contribution is -0.148. The van der Waals surface area contributed by atoms with E-state index < -0.39 is 0 Å². The Morgan fingerprint density at radius 2 is 1.03 bits per heavy atom. The van der Waals surface area contributed by atoms with Crippen molar-refractivity contribution in [1.82, 2.24) is 0 Å². The minimum atomic E-state index is -0.225. The van der Waals surface area contributed by atoms with Crippen LogP contribution in [-0.2, 0) is 9.53 Å². The molecule has 0 aliphatic heterocycles. The first kappa shape index (κ1) is 32.9. The molecule has 0 fully saturated rings. The van der Waals surface area contributed by atoms with Crippen molar-refractivity contribution in [2.24, 2.45) is 0 Å². The molecule has 3 heteroatoms. The number of carbonyl (C=O) groups is 1. The summed E-state index contributed by atoms with van der Waals surface area (Å²) in [6.07, 6.45) is 22.1. The maximum absolute atomic E-state index is 12.3. The van der Waals surface area contributed by atoms with E-state index in [9.17, 15) is 4.79 Å². The molecule has 2 rings (SSSR count). The molecule has 0 spiro atoms. The molecule has 1 atom stereocenters. The average molecular weight is 537 g/mol. The third kappa shape index (κ3) is 15.2. The molecule has 39 heavy (non-hydrogen) atoms. The van der Waals surface area contributed by atoms with Crippen LogP contribution >= 0.6 is 0 Å². The van der Waals surface area contributed by atoms with Gasteiger partial charge in [0.25, 0.3) is 0 Å². The number of hydrogen-bond acceptors (Lipinski definition) is 3. The predicted molar refractivity (Wildman–Crippen MR) is 166 cm³/mol. The van der Waals surface area contributed by atoms with Gasteiger partial charge in [0.15, 0.2) is 0 Å². The second-order valence-corrected chi connectivity index (χ2v) is 11.2. The van der Waals surface area contributed by atoms with E-state index in [1.54, 1.807) is 0 Å². The quantitative estimate of drug-likeness (QED) is 0.105. The van der Waals surface area contributed by atoms with Gasteiger partial charge in [-0.25, -0.2) is 0 Å². The molecule has 0 amide bonds. The van der Waals surface area contributed by atoms with Crippen LogP contribution in [0.4, 0.5) is 0 Å². The summed E-state index contributed by atoms with van der Waals surface area (Å²) in [5.74, 6) is 0.850. The summed E-state index contributed by atoms with van der Waals surface area (Å²) in [5, 5.41) is 0. The van der Waals surface area contributed by atoms with Gasteiger partial charge in [-0.1, -0.05) is 147 Å². The molecule has 0 saturated heterocycles. The number of ether oxygens (including phenoxy) is 2. The molecule has 1 unspecified atom stereocenters. The zero-order valence-corrected chi connectivity index (χ0v) is 25.4. The van der Waals surface area contributed by atoms with Crippen LogP contribution in [0.5, 0.6) is 5.75 Å². The monoisotopic (exact) mass is 536 g/mol. The maximum Gasteiger partial charge on any atom is 0.306 e. The van der Waals surface area contributed by atoms with E-state index in [0.717, 1.165) is 48.3 Å². The minimum Gasteiger partial charge on any atom is -0.494 e. The van der Waals surface area contributed by atoms with Gasteiger partial charge >= 0.3 is 5.97 Å². The molecular formula is C36H56O3. The number of hydrogen-bond donors (Lipinski definition) is 0. The van der Waals surface area contributed by atoms with Crippen LogP contribution in [-0.4, -0.2) is 12.6 Å². The van der Waals surface area contributed by atoms with Crippen molar-refractivity contribution < 1.29 is 14.3 Å². The molecule has 2 aromatic rings. The Bertz CT molecular complexity index is 856. The fraction of sp³-hybridized carbons (Fsp3) is 0.639. The normalized spacial score (nSPS) is 11.9. The largest absolute Gasteiger partial charge is 0.494 e. The van der Waals surface area contributed by atoms with Crippen LogP contribution in [0.3, 0.4) is 0 Å². The molecular weight excluding hydrogens is 480 g/mol. The zero-order chi connectivity index (χ0) is 28.0. The van der Waals surface area contributed by atoms with Crippen LogP contribution < -0.4 is 4.74 Å². The molecule has 0 aromatic heterocycles. The summed E-state index contributed by atoms with van der Waals surface area (Å²) in [6.45, 7) is 7.26. The van der Waals surface area contributed by atoms with Crippen LogP contribution in [0.2, 0.25) is 0 Å². The maximum atomic E-state index is 12.3. The Labute approximate surface area is 240 Å². The number of carbonyl (C=O) groups excluding carboxylic acids is 1. The highest BCUT2D eigenvalue weighted by molar-refractivity contribution is 5.70. The van der Waals surface area contributed by atoms with Crippen LogP contribution in [0.25, 0.3) is 11.1 Å². The summed E-state index contributed by atoms with van der Waals surface area (Å²) in [7, 11) is 0. The second kappa shape index (κ2) is 21.5. The molecule has 3 nitrogen and oxygen atoms in total. The van der Waals surface area contributed by atoms with E-state index in [1.165, 1.54) is 89.9 Å². The fourth-order valence-electron chi connectivity index (χ4n) is 5.02. The molecule has 0 bridgehead atoms. The van der Waals surface area contributed by atoms with Crippen molar-refractivity contribution in [3.63, 3.8) is 0 Å². The Morgan fingerprint density at radius 1 is 0.590 bits per heavy atom. The SMILES string of the molecule is CCCCCCCCCCCOc1ccc(-c2ccc(C(C)OC(=O)CCCCCCCCCC)cc2)cc1. The van der Waals surface area contributed by atoms with Crippen LogP contribution in [0, 0.1) is 0 Å². The third-order valence-corrected chi connectivity index (χ3v) is 7.63. The molecule has 0 radical (unpaired) electrons. The lowest BCUT2D eigenvalue weighted by Gasteiger charge is -2.14. The number of benzene rings is 2. The molecule has 0 N–H and O–H groups in total.